The van der Waals surface area contributed by atoms with Crippen molar-refractivity contribution in [3.8, 4) is 0 Å². The highest BCUT2D eigenvalue weighted by Gasteiger charge is 2.09. The van der Waals surface area contributed by atoms with Gasteiger partial charge in [0, 0.05) is 10.2 Å². The quantitative estimate of drug-likeness (QED) is 0.902. The predicted octanol–water partition coefficient (Wildman–Crippen LogP) is 3.64. The smallest absolute Gasteiger partial charge is 0.243 e. The molecule has 0 bridgehead atoms. The highest BCUT2D eigenvalue weighted by atomic mass is 79.9. The molecule has 0 aliphatic rings. The van der Waals surface area contributed by atoms with Crippen molar-refractivity contribution in [2.75, 3.05) is 17.2 Å². The van der Waals surface area contributed by atoms with E-state index in [1.165, 1.54) is 6.07 Å². The third-order valence-corrected chi connectivity index (χ3v) is 3.11. The maximum absolute atomic E-state index is 13.5. The molecule has 2 aromatic carbocycles. The lowest BCUT2D eigenvalue weighted by Crippen LogP contribution is -2.22. The van der Waals surface area contributed by atoms with Gasteiger partial charge in [0.1, 0.15) is 5.82 Å². The molecule has 2 N–H and O–H groups in total. The number of benzene rings is 2. The number of anilines is 2. The SMILES string of the molecule is O=C(CNc1ccccc1)Nc1c(F)cccc1Br. The van der Waals surface area contributed by atoms with E-state index in [0.717, 1.165) is 5.69 Å². The maximum Gasteiger partial charge on any atom is 0.243 e. The zero-order valence-electron chi connectivity index (χ0n) is 9.99. The molecule has 3 nitrogen and oxygen atoms in total. The van der Waals surface area contributed by atoms with Gasteiger partial charge in [-0.2, -0.15) is 0 Å². The lowest BCUT2D eigenvalue weighted by molar-refractivity contribution is -0.114. The summed E-state index contributed by atoms with van der Waals surface area (Å²) in [7, 11) is 0. The number of rotatable bonds is 4. The van der Waals surface area contributed by atoms with E-state index in [1.54, 1.807) is 12.1 Å². The van der Waals surface area contributed by atoms with Gasteiger partial charge in [-0.3, -0.25) is 4.79 Å². The molecule has 1 amide bonds. The van der Waals surface area contributed by atoms with Crippen LogP contribution in [0.25, 0.3) is 0 Å². The molecular weight excluding hydrogens is 311 g/mol. The van der Waals surface area contributed by atoms with E-state index >= 15 is 0 Å². The van der Waals surface area contributed by atoms with Crippen molar-refractivity contribution >= 4 is 33.2 Å². The second-order valence-corrected chi connectivity index (χ2v) is 4.72. The van der Waals surface area contributed by atoms with Crippen LogP contribution in [0.3, 0.4) is 0 Å². The summed E-state index contributed by atoms with van der Waals surface area (Å²) < 4.78 is 14.0. The van der Waals surface area contributed by atoms with Gasteiger partial charge in [-0.25, -0.2) is 4.39 Å². The fourth-order valence-corrected chi connectivity index (χ4v) is 1.98. The molecule has 5 heteroatoms. The third kappa shape index (κ3) is 3.79. The van der Waals surface area contributed by atoms with E-state index < -0.39 is 5.82 Å². The molecule has 0 radical (unpaired) electrons. The average molecular weight is 323 g/mol. The molecule has 0 unspecified atom stereocenters. The number of hydrogen-bond donors (Lipinski definition) is 2. The minimum atomic E-state index is -0.470. The Bertz CT molecular complexity index is 555. The molecule has 0 saturated heterocycles. The minimum Gasteiger partial charge on any atom is -0.376 e. The van der Waals surface area contributed by atoms with Crippen molar-refractivity contribution in [3.63, 3.8) is 0 Å². The molecule has 0 heterocycles. The number of amides is 1. The first-order valence-electron chi connectivity index (χ1n) is 5.69. The second kappa shape index (κ2) is 6.33. The summed E-state index contributed by atoms with van der Waals surface area (Å²) in [6.07, 6.45) is 0. The topological polar surface area (TPSA) is 41.1 Å². The first-order valence-corrected chi connectivity index (χ1v) is 6.49. The van der Waals surface area contributed by atoms with Crippen molar-refractivity contribution in [3.05, 3.63) is 58.8 Å². The van der Waals surface area contributed by atoms with Crippen LogP contribution < -0.4 is 10.6 Å². The van der Waals surface area contributed by atoms with Gasteiger partial charge in [0.2, 0.25) is 5.91 Å². The fourth-order valence-electron chi connectivity index (χ4n) is 1.54. The van der Waals surface area contributed by atoms with Crippen molar-refractivity contribution in [2.45, 2.75) is 0 Å². The van der Waals surface area contributed by atoms with Crippen molar-refractivity contribution in [1.82, 2.24) is 0 Å². The Morgan fingerprint density at radius 1 is 1.11 bits per heavy atom. The molecule has 0 spiro atoms. The van der Waals surface area contributed by atoms with Crippen LogP contribution >= 0.6 is 15.9 Å². The van der Waals surface area contributed by atoms with Crippen LogP contribution in [-0.4, -0.2) is 12.5 Å². The Hall–Kier alpha value is -1.88. The third-order valence-electron chi connectivity index (χ3n) is 2.45. The van der Waals surface area contributed by atoms with Crippen LogP contribution in [0.15, 0.2) is 53.0 Å². The minimum absolute atomic E-state index is 0.0742. The average Bonchev–Trinajstić information content (AvgIpc) is 2.42. The second-order valence-electron chi connectivity index (χ2n) is 3.86. The Morgan fingerprint density at radius 3 is 2.53 bits per heavy atom. The first-order chi connectivity index (χ1) is 9.16. The van der Waals surface area contributed by atoms with E-state index in [-0.39, 0.29) is 18.1 Å². The van der Waals surface area contributed by atoms with E-state index in [2.05, 4.69) is 26.6 Å². The number of nitrogens with one attached hydrogen (secondary N) is 2. The van der Waals surface area contributed by atoms with E-state index in [4.69, 9.17) is 0 Å². The molecule has 0 aliphatic carbocycles. The number of carbonyl (C=O) groups excluding carboxylic acids is 1. The van der Waals surface area contributed by atoms with Crippen molar-refractivity contribution in [2.24, 2.45) is 0 Å². The van der Waals surface area contributed by atoms with Gasteiger partial charge >= 0.3 is 0 Å². The first kappa shape index (κ1) is 13.5. The van der Waals surface area contributed by atoms with Gasteiger partial charge in [-0.15, -0.1) is 0 Å². The molecule has 2 aromatic rings. The predicted molar refractivity (Wildman–Crippen MR) is 77.7 cm³/mol. The van der Waals surface area contributed by atoms with Crippen LogP contribution in [0.2, 0.25) is 0 Å². The Kier molecular flexibility index (Phi) is 4.52. The van der Waals surface area contributed by atoms with Gasteiger partial charge < -0.3 is 10.6 Å². The fraction of sp³-hybridized carbons (Fsp3) is 0.0714. The van der Waals surface area contributed by atoms with Crippen LogP contribution in [0.4, 0.5) is 15.8 Å². The summed E-state index contributed by atoms with van der Waals surface area (Å²) in [5.74, 6) is -0.780. The maximum atomic E-state index is 13.5. The number of para-hydroxylation sites is 2. The Morgan fingerprint density at radius 2 is 1.84 bits per heavy atom. The highest BCUT2D eigenvalue weighted by Crippen LogP contribution is 2.24. The Labute approximate surface area is 119 Å². The molecule has 19 heavy (non-hydrogen) atoms. The number of carbonyl (C=O) groups is 1. The number of halogens is 2. The van der Waals surface area contributed by atoms with Gasteiger partial charge in [0.15, 0.2) is 0 Å². The molecule has 0 aliphatic heterocycles. The standard InChI is InChI=1S/C14H12BrFN2O/c15-11-7-4-8-12(16)14(11)18-13(19)9-17-10-5-2-1-3-6-10/h1-8,17H,9H2,(H,18,19). The van der Waals surface area contributed by atoms with Crippen molar-refractivity contribution < 1.29 is 9.18 Å². The zero-order chi connectivity index (χ0) is 13.7. The number of hydrogen-bond acceptors (Lipinski definition) is 2. The molecular formula is C14H12BrFN2O. The lowest BCUT2D eigenvalue weighted by atomic mass is 10.3. The van der Waals surface area contributed by atoms with Crippen molar-refractivity contribution in [1.29, 1.82) is 0 Å². The monoisotopic (exact) mass is 322 g/mol. The van der Waals surface area contributed by atoms with Crippen LogP contribution in [0, 0.1) is 5.82 Å². The largest absolute Gasteiger partial charge is 0.376 e. The van der Waals surface area contributed by atoms with E-state index in [1.807, 2.05) is 30.3 Å². The van der Waals surface area contributed by atoms with Crippen LogP contribution in [-0.2, 0) is 4.79 Å². The summed E-state index contributed by atoms with van der Waals surface area (Å²) in [5.41, 5.74) is 0.993. The van der Waals surface area contributed by atoms with Gasteiger partial charge in [0.25, 0.3) is 0 Å². The van der Waals surface area contributed by atoms with E-state index in [9.17, 15) is 9.18 Å². The van der Waals surface area contributed by atoms with Gasteiger partial charge in [-0.05, 0) is 40.2 Å². The summed E-state index contributed by atoms with van der Waals surface area (Å²) in [6, 6.07) is 13.9. The normalized spacial score (nSPS) is 10.0. The summed E-state index contributed by atoms with van der Waals surface area (Å²) in [4.78, 5) is 11.7. The molecule has 0 aromatic heterocycles. The van der Waals surface area contributed by atoms with Gasteiger partial charge in [0.05, 0.1) is 12.2 Å². The summed E-state index contributed by atoms with van der Waals surface area (Å²) >= 11 is 3.20. The molecule has 0 saturated carbocycles. The Balaban J connectivity index is 1.95. The highest BCUT2D eigenvalue weighted by molar-refractivity contribution is 9.10. The molecule has 0 fully saturated rings. The lowest BCUT2D eigenvalue weighted by Gasteiger charge is -2.09. The summed E-state index contributed by atoms with van der Waals surface area (Å²) in [5, 5.41) is 5.48. The van der Waals surface area contributed by atoms with E-state index in [0.29, 0.717) is 4.47 Å². The zero-order valence-corrected chi connectivity index (χ0v) is 11.6. The molecule has 2 rings (SSSR count). The molecule has 98 valence electrons. The van der Waals surface area contributed by atoms with Gasteiger partial charge in [-0.1, -0.05) is 24.3 Å². The summed E-state index contributed by atoms with van der Waals surface area (Å²) in [6.45, 7) is 0.0742. The molecule has 0 atom stereocenters. The van der Waals surface area contributed by atoms with Crippen LogP contribution in [0.1, 0.15) is 0 Å². The van der Waals surface area contributed by atoms with Crippen LogP contribution in [0.5, 0.6) is 0 Å².